The van der Waals surface area contributed by atoms with Gasteiger partial charge in [-0.15, -0.1) is 0 Å². The van der Waals surface area contributed by atoms with Crippen molar-refractivity contribution in [2.75, 3.05) is 0 Å². The average molecular weight is 656 g/mol. The summed E-state index contributed by atoms with van der Waals surface area (Å²) in [6, 6.07) is 55.6. The number of phenols is 1. The molecule has 0 atom stereocenters. The monoisotopic (exact) mass is 655 g/mol. The van der Waals surface area contributed by atoms with Crippen molar-refractivity contribution in [3.63, 3.8) is 0 Å². The van der Waals surface area contributed by atoms with Crippen LogP contribution in [0.3, 0.4) is 0 Å². The lowest BCUT2D eigenvalue weighted by Gasteiger charge is -2.12. The van der Waals surface area contributed by atoms with Crippen molar-refractivity contribution in [2.45, 2.75) is 0 Å². The summed E-state index contributed by atoms with van der Waals surface area (Å²) < 4.78 is 8.57. The zero-order chi connectivity index (χ0) is 33.9. The summed E-state index contributed by atoms with van der Waals surface area (Å²) in [7, 11) is 0. The van der Waals surface area contributed by atoms with Gasteiger partial charge in [-0.1, -0.05) is 97.1 Å². The summed E-state index contributed by atoms with van der Waals surface area (Å²) in [4.78, 5) is 10.3. The van der Waals surface area contributed by atoms with Crippen LogP contribution in [0.25, 0.3) is 94.3 Å². The number of hydrogen-bond donors (Lipinski definition) is 1. The maximum absolute atomic E-state index is 11.0. The molecular formula is C46H29N3O2. The molecule has 51 heavy (non-hydrogen) atoms. The summed E-state index contributed by atoms with van der Waals surface area (Å²) in [5, 5.41) is 15.3. The predicted octanol–water partition coefficient (Wildman–Crippen LogP) is 11.8. The topological polar surface area (TPSA) is 64.1 Å². The third kappa shape index (κ3) is 4.78. The van der Waals surface area contributed by atoms with Crippen molar-refractivity contribution >= 4 is 43.7 Å². The predicted molar refractivity (Wildman–Crippen MR) is 207 cm³/mol. The Hall–Kier alpha value is -6.98. The van der Waals surface area contributed by atoms with E-state index in [0.717, 1.165) is 82.9 Å². The molecule has 1 N–H and O–H groups in total. The highest BCUT2D eigenvalue weighted by Gasteiger charge is 2.21. The van der Waals surface area contributed by atoms with Crippen molar-refractivity contribution in [3.8, 4) is 56.3 Å². The van der Waals surface area contributed by atoms with Crippen LogP contribution in [0.15, 0.2) is 174 Å². The van der Waals surface area contributed by atoms with E-state index in [9.17, 15) is 5.11 Å². The molecule has 3 heterocycles. The molecule has 0 aliphatic carbocycles. The molecule has 0 saturated heterocycles. The molecule has 0 aliphatic heterocycles. The Morgan fingerprint density at radius 3 is 2.04 bits per heavy atom. The van der Waals surface area contributed by atoms with E-state index in [1.165, 1.54) is 0 Å². The molecule has 0 saturated carbocycles. The molecule has 240 valence electrons. The van der Waals surface area contributed by atoms with E-state index in [2.05, 4.69) is 114 Å². The molecule has 5 nitrogen and oxygen atoms in total. The van der Waals surface area contributed by atoms with Crippen LogP contribution >= 0.6 is 0 Å². The molecule has 0 fully saturated rings. The molecule has 5 heteroatoms. The minimum atomic E-state index is 0.180. The van der Waals surface area contributed by atoms with E-state index in [1.807, 2.05) is 54.7 Å². The van der Waals surface area contributed by atoms with Gasteiger partial charge in [-0.3, -0.25) is 9.55 Å². The van der Waals surface area contributed by atoms with Crippen molar-refractivity contribution in [3.05, 3.63) is 170 Å². The van der Waals surface area contributed by atoms with Crippen LogP contribution in [-0.2, 0) is 0 Å². The fraction of sp³-hybridized carbons (Fsp3) is 0. The first-order valence-corrected chi connectivity index (χ1v) is 17.0. The summed E-state index contributed by atoms with van der Waals surface area (Å²) >= 11 is 0. The third-order valence-corrected chi connectivity index (χ3v) is 9.72. The fourth-order valence-corrected chi connectivity index (χ4v) is 7.36. The molecule has 0 amide bonds. The van der Waals surface area contributed by atoms with Gasteiger partial charge in [0.2, 0.25) is 0 Å². The van der Waals surface area contributed by atoms with Gasteiger partial charge in [0.05, 0.1) is 27.7 Å². The molecule has 10 rings (SSSR count). The van der Waals surface area contributed by atoms with Gasteiger partial charge in [0.1, 0.15) is 22.7 Å². The Balaban J connectivity index is 1.25. The van der Waals surface area contributed by atoms with E-state index < -0.39 is 0 Å². The van der Waals surface area contributed by atoms with Gasteiger partial charge >= 0.3 is 0 Å². The number of hydrogen-bond acceptors (Lipinski definition) is 4. The standard InChI is InChI=1S/C46H29N3O2/c50-40-21-10-9-18-37(40)46-48-45-36(19-11-20-39(45)49(46)35-16-5-2-6-17-35)33-24-32(29-12-3-1-4-13-29)25-34(26-33)44-43-38-27-30-14-7-8-15-31(30)28-42(38)51-41(43)22-23-47-44/h1-28,50H. The minimum Gasteiger partial charge on any atom is -0.507 e. The number of pyridine rings is 1. The number of fused-ring (bicyclic) bond motifs is 5. The SMILES string of the molecule is Oc1ccccc1-c1nc2c(-c3cc(-c4ccccc4)cc(-c4nccc5oc6cc7ccccc7cc6c45)c3)cccc2n1-c1ccccc1. The Morgan fingerprint density at radius 2 is 1.22 bits per heavy atom. The van der Waals surface area contributed by atoms with Gasteiger partial charge in [-0.2, -0.15) is 0 Å². The van der Waals surface area contributed by atoms with Crippen molar-refractivity contribution in [2.24, 2.45) is 0 Å². The number of phenolic OH excluding ortho intramolecular Hbond substituents is 1. The zero-order valence-corrected chi connectivity index (χ0v) is 27.4. The van der Waals surface area contributed by atoms with Crippen LogP contribution in [-0.4, -0.2) is 19.6 Å². The molecule has 0 spiro atoms. The van der Waals surface area contributed by atoms with E-state index in [1.54, 1.807) is 6.07 Å². The molecule has 7 aromatic carbocycles. The lowest BCUT2D eigenvalue weighted by molar-refractivity contribution is 0.477. The van der Waals surface area contributed by atoms with Gasteiger partial charge in [-0.25, -0.2) is 4.98 Å². The van der Waals surface area contributed by atoms with Crippen molar-refractivity contribution < 1.29 is 9.52 Å². The molecule has 0 bridgehead atoms. The molecule has 0 aliphatic rings. The maximum atomic E-state index is 11.0. The Bertz CT molecular complexity index is 2920. The number of para-hydroxylation sites is 3. The lowest BCUT2D eigenvalue weighted by atomic mass is 9.93. The van der Waals surface area contributed by atoms with Crippen LogP contribution in [0, 0.1) is 0 Å². The number of aromatic nitrogens is 3. The smallest absolute Gasteiger partial charge is 0.149 e. The highest BCUT2D eigenvalue weighted by Crippen LogP contribution is 2.42. The first-order chi connectivity index (χ1) is 25.2. The minimum absolute atomic E-state index is 0.180. The zero-order valence-electron chi connectivity index (χ0n) is 27.4. The second-order valence-electron chi connectivity index (χ2n) is 12.8. The summed E-state index contributed by atoms with van der Waals surface area (Å²) in [6.45, 7) is 0. The van der Waals surface area contributed by atoms with Crippen LogP contribution in [0.5, 0.6) is 5.75 Å². The molecular weight excluding hydrogens is 627 g/mol. The van der Waals surface area contributed by atoms with Crippen molar-refractivity contribution in [1.82, 2.24) is 14.5 Å². The Labute approximate surface area is 293 Å². The number of nitrogens with zero attached hydrogens (tertiary/aromatic N) is 3. The average Bonchev–Trinajstić information content (AvgIpc) is 3.76. The molecule has 0 unspecified atom stereocenters. The number of aromatic hydroxyl groups is 1. The highest BCUT2D eigenvalue weighted by atomic mass is 16.3. The summed E-state index contributed by atoms with van der Waals surface area (Å²) in [6.07, 6.45) is 1.83. The summed E-state index contributed by atoms with van der Waals surface area (Å²) in [5.41, 5.74) is 11.0. The van der Waals surface area contributed by atoms with Gasteiger partial charge in [0.15, 0.2) is 0 Å². The van der Waals surface area contributed by atoms with Crippen LogP contribution < -0.4 is 0 Å². The number of benzene rings is 7. The molecule has 0 radical (unpaired) electrons. The maximum Gasteiger partial charge on any atom is 0.149 e. The second-order valence-corrected chi connectivity index (χ2v) is 12.8. The van der Waals surface area contributed by atoms with Gasteiger partial charge in [-0.05, 0) is 94.2 Å². The van der Waals surface area contributed by atoms with Crippen LogP contribution in [0.2, 0.25) is 0 Å². The molecule has 10 aromatic rings. The number of imidazole rings is 1. The first-order valence-electron chi connectivity index (χ1n) is 17.0. The summed E-state index contributed by atoms with van der Waals surface area (Å²) in [5.74, 6) is 0.851. The Kier molecular flexibility index (Phi) is 6.58. The fourth-order valence-electron chi connectivity index (χ4n) is 7.36. The van der Waals surface area contributed by atoms with Gasteiger partial charge in [0.25, 0.3) is 0 Å². The lowest BCUT2D eigenvalue weighted by Crippen LogP contribution is -1.97. The van der Waals surface area contributed by atoms with E-state index in [0.29, 0.717) is 11.4 Å². The van der Waals surface area contributed by atoms with Crippen LogP contribution in [0.1, 0.15) is 0 Å². The Morgan fingerprint density at radius 1 is 0.529 bits per heavy atom. The number of furan rings is 1. The largest absolute Gasteiger partial charge is 0.507 e. The van der Waals surface area contributed by atoms with E-state index in [-0.39, 0.29) is 5.75 Å². The van der Waals surface area contributed by atoms with Gasteiger partial charge < -0.3 is 9.52 Å². The third-order valence-electron chi connectivity index (χ3n) is 9.72. The van der Waals surface area contributed by atoms with Crippen LogP contribution in [0.4, 0.5) is 0 Å². The van der Waals surface area contributed by atoms with Crippen molar-refractivity contribution in [1.29, 1.82) is 0 Å². The van der Waals surface area contributed by atoms with E-state index in [4.69, 9.17) is 14.4 Å². The molecule has 3 aromatic heterocycles. The van der Waals surface area contributed by atoms with Gasteiger partial charge in [0, 0.05) is 28.4 Å². The van der Waals surface area contributed by atoms with E-state index >= 15 is 0 Å². The first kappa shape index (κ1) is 29.0. The number of rotatable bonds is 5. The normalized spacial score (nSPS) is 11.6. The second kappa shape index (κ2) is 11.6. The highest BCUT2D eigenvalue weighted by molar-refractivity contribution is 6.15. The quantitative estimate of drug-likeness (QED) is 0.200.